The summed E-state index contributed by atoms with van der Waals surface area (Å²) < 4.78 is 5.37. The predicted octanol–water partition coefficient (Wildman–Crippen LogP) is 3.90. The van der Waals surface area contributed by atoms with Gasteiger partial charge in [-0.2, -0.15) is 4.98 Å². The Labute approximate surface area is 159 Å². The first-order valence-electron chi connectivity index (χ1n) is 8.24. The number of hydrogen-bond acceptors (Lipinski definition) is 5. The molecule has 7 nitrogen and oxygen atoms in total. The lowest BCUT2D eigenvalue weighted by atomic mass is 10.2. The van der Waals surface area contributed by atoms with Crippen molar-refractivity contribution < 1.29 is 9.32 Å². The van der Waals surface area contributed by atoms with Crippen LogP contribution in [0.1, 0.15) is 35.3 Å². The number of halogens is 2. The quantitative estimate of drug-likeness (QED) is 0.729. The Morgan fingerprint density at radius 1 is 1.38 bits per heavy atom. The fourth-order valence-electron chi connectivity index (χ4n) is 3.23. The molecular formula is C17H17Cl2N5O2. The molecule has 1 atom stereocenters. The third kappa shape index (κ3) is 2.81. The van der Waals surface area contributed by atoms with Crippen LogP contribution < -0.4 is 4.90 Å². The number of nitrogens with one attached hydrogen (secondary N) is 1. The van der Waals surface area contributed by atoms with Crippen LogP contribution in [0, 0.1) is 0 Å². The Morgan fingerprint density at radius 3 is 2.92 bits per heavy atom. The number of hydrogen-bond donors (Lipinski definition) is 1. The highest BCUT2D eigenvalue weighted by Crippen LogP contribution is 2.36. The molecule has 136 valence electrons. The summed E-state index contributed by atoms with van der Waals surface area (Å²) in [6, 6.07) is 5.05. The third-order valence-electron chi connectivity index (χ3n) is 4.54. The van der Waals surface area contributed by atoms with Crippen molar-refractivity contribution in [3.63, 3.8) is 0 Å². The highest BCUT2D eigenvalue weighted by Gasteiger charge is 2.36. The van der Waals surface area contributed by atoms with Gasteiger partial charge in [-0.3, -0.25) is 4.79 Å². The number of nitrogens with zero attached hydrogens (tertiary/aromatic N) is 4. The summed E-state index contributed by atoms with van der Waals surface area (Å²) in [5.74, 6) is 0.738. The van der Waals surface area contributed by atoms with Crippen LogP contribution >= 0.6 is 23.2 Å². The summed E-state index contributed by atoms with van der Waals surface area (Å²) in [6.07, 6.45) is 1.63. The van der Waals surface area contributed by atoms with Crippen LogP contribution in [0.2, 0.25) is 10.0 Å². The zero-order valence-electron chi connectivity index (χ0n) is 14.3. The van der Waals surface area contributed by atoms with Gasteiger partial charge in [-0.1, -0.05) is 23.2 Å². The Bertz CT molecular complexity index is 981. The van der Waals surface area contributed by atoms with E-state index < -0.39 is 0 Å². The number of rotatable bonds is 3. The van der Waals surface area contributed by atoms with E-state index in [1.165, 1.54) is 0 Å². The molecule has 1 aliphatic heterocycles. The van der Waals surface area contributed by atoms with E-state index in [4.69, 9.17) is 27.7 Å². The van der Waals surface area contributed by atoms with E-state index >= 15 is 0 Å². The highest BCUT2D eigenvalue weighted by molar-refractivity contribution is 6.39. The standard InChI is InChI=1S/C17H17Cl2N5O2/c1-23(2)17-21-15(26-22-17)12-4-3-7-24(12)16(25)14-13(19)10-8-9(18)5-6-11(10)20-14/h5-6,8,12,20H,3-4,7H2,1-2H3. The molecule has 1 fully saturated rings. The van der Waals surface area contributed by atoms with Gasteiger partial charge in [0.15, 0.2) is 0 Å². The summed E-state index contributed by atoms with van der Waals surface area (Å²) >= 11 is 12.5. The molecule has 1 aromatic carbocycles. The highest BCUT2D eigenvalue weighted by atomic mass is 35.5. The molecule has 1 aliphatic rings. The number of fused-ring (bicyclic) bond motifs is 1. The summed E-state index contributed by atoms with van der Waals surface area (Å²) in [7, 11) is 3.67. The minimum atomic E-state index is -0.255. The van der Waals surface area contributed by atoms with Crippen molar-refractivity contribution in [3.8, 4) is 0 Å². The van der Waals surface area contributed by atoms with Crippen LogP contribution in [-0.2, 0) is 0 Å². The Balaban J connectivity index is 1.67. The summed E-state index contributed by atoms with van der Waals surface area (Å²) in [5, 5.41) is 5.61. The average Bonchev–Trinajstić information content (AvgIpc) is 3.32. The molecule has 26 heavy (non-hydrogen) atoms. The summed E-state index contributed by atoms with van der Waals surface area (Å²) in [6.45, 7) is 0.607. The minimum absolute atomic E-state index is 0.186. The number of carbonyl (C=O) groups excluding carboxylic acids is 1. The molecule has 1 N–H and O–H groups in total. The molecule has 1 saturated heterocycles. The molecule has 0 aliphatic carbocycles. The lowest BCUT2D eigenvalue weighted by Crippen LogP contribution is -2.31. The number of aromatic amines is 1. The molecular weight excluding hydrogens is 377 g/mol. The average molecular weight is 394 g/mol. The third-order valence-corrected chi connectivity index (χ3v) is 5.17. The molecule has 3 heterocycles. The van der Waals surface area contributed by atoms with Gasteiger partial charge in [0, 0.05) is 36.6 Å². The zero-order valence-corrected chi connectivity index (χ0v) is 15.8. The number of carbonyl (C=O) groups is 1. The van der Waals surface area contributed by atoms with Gasteiger partial charge in [0.2, 0.25) is 0 Å². The first-order chi connectivity index (χ1) is 12.5. The first-order valence-corrected chi connectivity index (χ1v) is 9.00. The maximum Gasteiger partial charge on any atom is 0.272 e. The molecule has 0 radical (unpaired) electrons. The van der Waals surface area contributed by atoms with Gasteiger partial charge in [0.1, 0.15) is 11.7 Å². The van der Waals surface area contributed by atoms with Crippen LogP contribution in [0.3, 0.4) is 0 Å². The molecule has 0 bridgehead atoms. The number of likely N-dealkylation sites (tertiary alicyclic amines) is 1. The SMILES string of the molecule is CN(C)c1noc(C2CCCN2C(=O)c2[nH]c3ccc(Cl)cc3c2Cl)n1. The van der Waals surface area contributed by atoms with Gasteiger partial charge in [-0.25, -0.2) is 0 Å². The van der Waals surface area contributed by atoms with Crippen molar-refractivity contribution >= 4 is 46.0 Å². The van der Waals surface area contributed by atoms with Gasteiger partial charge in [-0.05, 0) is 36.2 Å². The van der Waals surface area contributed by atoms with Crippen molar-refractivity contribution in [1.29, 1.82) is 0 Å². The number of benzene rings is 1. The lowest BCUT2D eigenvalue weighted by Gasteiger charge is -2.21. The molecule has 4 rings (SSSR count). The van der Waals surface area contributed by atoms with Crippen LogP contribution in [0.4, 0.5) is 5.95 Å². The van der Waals surface area contributed by atoms with Gasteiger partial charge in [-0.15, -0.1) is 0 Å². The second kappa shape index (κ2) is 6.48. The van der Waals surface area contributed by atoms with Crippen LogP contribution in [0.25, 0.3) is 10.9 Å². The molecule has 2 aromatic heterocycles. The van der Waals surface area contributed by atoms with Crippen molar-refractivity contribution in [2.24, 2.45) is 0 Å². The molecule has 0 saturated carbocycles. The molecule has 9 heteroatoms. The number of anilines is 1. The van der Waals surface area contributed by atoms with Gasteiger partial charge in [0.25, 0.3) is 17.7 Å². The van der Waals surface area contributed by atoms with Crippen molar-refractivity contribution in [1.82, 2.24) is 20.0 Å². The van der Waals surface area contributed by atoms with E-state index in [0.29, 0.717) is 34.1 Å². The minimum Gasteiger partial charge on any atom is -0.349 e. The second-order valence-electron chi connectivity index (χ2n) is 6.49. The molecule has 0 spiro atoms. The van der Waals surface area contributed by atoms with E-state index in [-0.39, 0.29) is 11.9 Å². The fraction of sp³-hybridized carbons (Fsp3) is 0.353. The number of H-pyrrole nitrogens is 1. The van der Waals surface area contributed by atoms with E-state index in [9.17, 15) is 4.79 Å². The number of aromatic nitrogens is 3. The van der Waals surface area contributed by atoms with Crippen molar-refractivity contribution in [2.45, 2.75) is 18.9 Å². The molecule has 1 amide bonds. The monoisotopic (exact) mass is 393 g/mol. The first kappa shape index (κ1) is 17.2. The van der Waals surface area contributed by atoms with Gasteiger partial charge in [0.05, 0.1) is 5.02 Å². The largest absolute Gasteiger partial charge is 0.349 e. The normalized spacial score (nSPS) is 17.2. The zero-order chi connectivity index (χ0) is 18.4. The molecule has 1 unspecified atom stereocenters. The van der Waals surface area contributed by atoms with Crippen molar-refractivity contribution in [2.75, 3.05) is 25.5 Å². The van der Waals surface area contributed by atoms with Crippen molar-refractivity contribution in [3.05, 3.63) is 39.8 Å². The Hall–Kier alpha value is -2.25. The van der Waals surface area contributed by atoms with E-state index in [1.54, 1.807) is 21.9 Å². The van der Waals surface area contributed by atoms with Crippen LogP contribution in [-0.4, -0.2) is 46.6 Å². The van der Waals surface area contributed by atoms with E-state index in [2.05, 4.69) is 15.1 Å². The Kier molecular flexibility index (Phi) is 4.28. The topological polar surface area (TPSA) is 78.3 Å². The second-order valence-corrected chi connectivity index (χ2v) is 7.30. The maximum atomic E-state index is 13.1. The molecule has 3 aromatic rings. The van der Waals surface area contributed by atoms with Gasteiger partial charge >= 0.3 is 0 Å². The fourth-order valence-corrected chi connectivity index (χ4v) is 3.69. The maximum absolute atomic E-state index is 13.1. The van der Waals surface area contributed by atoms with Crippen LogP contribution in [0.5, 0.6) is 0 Å². The van der Waals surface area contributed by atoms with E-state index in [0.717, 1.165) is 23.7 Å². The smallest absolute Gasteiger partial charge is 0.272 e. The lowest BCUT2D eigenvalue weighted by molar-refractivity contribution is 0.0705. The summed E-state index contributed by atoms with van der Waals surface area (Å²) in [5.41, 5.74) is 1.12. The van der Waals surface area contributed by atoms with Gasteiger partial charge < -0.3 is 19.3 Å². The Morgan fingerprint density at radius 2 is 2.19 bits per heavy atom. The number of amides is 1. The summed E-state index contributed by atoms with van der Waals surface area (Å²) in [4.78, 5) is 24.1. The predicted molar refractivity (Wildman–Crippen MR) is 100.0 cm³/mol. The van der Waals surface area contributed by atoms with E-state index in [1.807, 2.05) is 20.2 Å². The van der Waals surface area contributed by atoms with Crippen LogP contribution in [0.15, 0.2) is 22.7 Å².